The van der Waals surface area contributed by atoms with Crippen LogP contribution in [0.1, 0.15) is 11.1 Å². The van der Waals surface area contributed by atoms with E-state index in [1.165, 1.54) is 24.3 Å². The Morgan fingerprint density at radius 1 is 0.867 bits per heavy atom. The fourth-order valence-electron chi connectivity index (χ4n) is 2.70. The molecule has 2 aromatic carbocycles. The summed E-state index contributed by atoms with van der Waals surface area (Å²) in [7, 11) is 0. The molecule has 0 spiro atoms. The van der Waals surface area contributed by atoms with Crippen LogP contribution < -0.4 is 16.4 Å². The average molecular weight is 414 g/mol. The van der Waals surface area contributed by atoms with E-state index in [1.54, 1.807) is 30.6 Å². The third-order valence-corrected chi connectivity index (χ3v) is 4.38. The minimum absolute atomic E-state index is 0.0515. The second-order valence-electron chi connectivity index (χ2n) is 6.77. The zero-order chi connectivity index (χ0) is 22.1. The van der Waals surface area contributed by atoms with Crippen LogP contribution in [0.2, 0.25) is 0 Å². The maximum absolute atomic E-state index is 12.8. The lowest BCUT2D eigenvalue weighted by Gasteiger charge is -2.22. The van der Waals surface area contributed by atoms with Gasteiger partial charge in [0.2, 0.25) is 18.1 Å². The number of carbonyl (C=O) groups is 2. The Morgan fingerprint density at radius 2 is 1.37 bits per heavy atom. The Kier molecular flexibility index (Phi) is 8.33. The van der Waals surface area contributed by atoms with Crippen LogP contribution in [0, 0.1) is 0 Å². The largest absolute Gasteiger partial charge is 0.508 e. The minimum atomic E-state index is -1.20. The molecule has 1 radical (unpaired) electrons. The van der Waals surface area contributed by atoms with E-state index in [1.807, 2.05) is 0 Å². The van der Waals surface area contributed by atoms with Gasteiger partial charge in [0.25, 0.3) is 0 Å². The zero-order valence-corrected chi connectivity index (χ0v) is 16.1. The summed E-state index contributed by atoms with van der Waals surface area (Å²) in [6, 6.07) is 8.96. The highest BCUT2D eigenvalue weighted by Crippen LogP contribution is 2.13. The van der Waals surface area contributed by atoms with Crippen LogP contribution in [-0.2, 0) is 27.2 Å². The van der Waals surface area contributed by atoms with Crippen molar-refractivity contribution in [2.45, 2.75) is 31.0 Å². The number of benzene rings is 2. The molecule has 2 amide bonds. The van der Waals surface area contributed by atoms with E-state index in [0.29, 0.717) is 11.1 Å². The number of hydrogen-bond donors (Lipinski definition) is 6. The first kappa shape index (κ1) is 22.9. The number of nitrogens with one attached hydrogen (secondary N) is 2. The molecule has 7 N–H and O–H groups in total. The number of carbonyl (C=O) groups excluding carboxylic acids is 3. The number of amides is 2. The molecular formula is C21H24N3O6. The number of phenolic OH excluding ortho intramolecular Hbond substituents is 2. The first-order chi connectivity index (χ1) is 14.3. The Balaban J connectivity index is 2.12. The third-order valence-electron chi connectivity index (χ3n) is 4.38. The van der Waals surface area contributed by atoms with Crippen molar-refractivity contribution in [3.63, 3.8) is 0 Å². The van der Waals surface area contributed by atoms with Crippen LogP contribution in [0.5, 0.6) is 11.5 Å². The topological polar surface area (TPSA) is 162 Å². The molecule has 159 valence electrons. The number of aliphatic hydroxyl groups is 1. The monoisotopic (exact) mass is 414 g/mol. The second kappa shape index (κ2) is 10.9. The van der Waals surface area contributed by atoms with Crippen molar-refractivity contribution in [1.29, 1.82) is 0 Å². The molecule has 3 atom stereocenters. The Labute approximate surface area is 173 Å². The van der Waals surface area contributed by atoms with Crippen LogP contribution in [0.3, 0.4) is 0 Å². The van der Waals surface area contributed by atoms with Crippen molar-refractivity contribution in [3.05, 3.63) is 59.7 Å². The summed E-state index contributed by atoms with van der Waals surface area (Å²) in [5, 5.41) is 32.8. The van der Waals surface area contributed by atoms with E-state index >= 15 is 0 Å². The van der Waals surface area contributed by atoms with E-state index in [2.05, 4.69) is 10.6 Å². The van der Waals surface area contributed by atoms with Crippen molar-refractivity contribution in [2.24, 2.45) is 5.73 Å². The molecule has 0 saturated carbocycles. The summed E-state index contributed by atoms with van der Waals surface area (Å²) in [5.41, 5.74) is 6.86. The molecule has 9 nitrogen and oxygen atoms in total. The summed E-state index contributed by atoms with van der Waals surface area (Å²) < 4.78 is 0. The lowest BCUT2D eigenvalue weighted by molar-refractivity contribution is -0.130. The predicted octanol–water partition coefficient (Wildman–Crippen LogP) is -0.718. The van der Waals surface area contributed by atoms with Gasteiger partial charge in [-0.2, -0.15) is 0 Å². The van der Waals surface area contributed by atoms with Crippen molar-refractivity contribution in [3.8, 4) is 11.5 Å². The number of rotatable bonds is 10. The Bertz CT molecular complexity index is 854. The van der Waals surface area contributed by atoms with E-state index in [-0.39, 0.29) is 24.3 Å². The molecule has 9 heteroatoms. The number of nitrogens with two attached hydrogens (primary N) is 1. The summed E-state index contributed by atoms with van der Waals surface area (Å²) >= 11 is 0. The van der Waals surface area contributed by atoms with E-state index in [0.717, 1.165) is 0 Å². The van der Waals surface area contributed by atoms with Gasteiger partial charge in [0.05, 0.1) is 12.6 Å². The average Bonchev–Trinajstić information content (AvgIpc) is 2.74. The van der Waals surface area contributed by atoms with Crippen LogP contribution in [0.4, 0.5) is 0 Å². The lowest BCUT2D eigenvalue weighted by atomic mass is 10.0. The highest BCUT2D eigenvalue weighted by molar-refractivity contribution is 5.91. The van der Waals surface area contributed by atoms with Gasteiger partial charge >= 0.3 is 0 Å². The molecule has 2 aromatic rings. The van der Waals surface area contributed by atoms with Gasteiger partial charge in [-0.25, -0.2) is 0 Å². The van der Waals surface area contributed by atoms with Crippen molar-refractivity contribution < 1.29 is 29.7 Å². The SMILES string of the molecule is N[C@H](CO)C(=O)N[C@@H](Cc1ccc(O)cc1)C(=O)N[C@H]([C]=O)Cc1ccc(O)cc1. The Morgan fingerprint density at radius 3 is 1.83 bits per heavy atom. The fourth-order valence-corrected chi connectivity index (χ4v) is 2.70. The molecule has 0 heterocycles. The molecule has 0 aliphatic heterocycles. The predicted molar refractivity (Wildman–Crippen MR) is 108 cm³/mol. The smallest absolute Gasteiger partial charge is 0.243 e. The third kappa shape index (κ3) is 6.87. The highest BCUT2D eigenvalue weighted by Gasteiger charge is 2.26. The molecule has 0 aromatic heterocycles. The minimum Gasteiger partial charge on any atom is -0.508 e. The van der Waals surface area contributed by atoms with Gasteiger partial charge in [-0.15, -0.1) is 0 Å². The molecule has 0 aliphatic rings. The number of aromatic hydroxyl groups is 2. The maximum atomic E-state index is 12.8. The molecule has 0 saturated heterocycles. The normalized spacial score (nSPS) is 13.7. The fraction of sp³-hybridized carbons (Fsp3) is 0.286. The van der Waals surface area contributed by atoms with Crippen molar-refractivity contribution in [1.82, 2.24) is 10.6 Å². The van der Waals surface area contributed by atoms with Gasteiger partial charge in [0, 0.05) is 12.8 Å². The molecular weight excluding hydrogens is 390 g/mol. The van der Waals surface area contributed by atoms with Gasteiger partial charge in [0.1, 0.15) is 23.6 Å². The summed E-state index contributed by atoms with van der Waals surface area (Å²) in [4.78, 5) is 36.2. The zero-order valence-electron chi connectivity index (χ0n) is 16.1. The molecule has 0 aliphatic carbocycles. The van der Waals surface area contributed by atoms with Gasteiger partial charge in [-0.1, -0.05) is 24.3 Å². The molecule has 30 heavy (non-hydrogen) atoms. The summed E-state index contributed by atoms with van der Waals surface area (Å²) in [6.45, 7) is -0.592. The maximum Gasteiger partial charge on any atom is 0.243 e. The van der Waals surface area contributed by atoms with Gasteiger partial charge < -0.3 is 31.7 Å². The van der Waals surface area contributed by atoms with E-state index in [9.17, 15) is 24.6 Å². The van der Waals surface area contributed by atoms with Gasteiger partial charge in [-0.3, -0.25) is 14.4 Å². The molecule has 0 unspecified atom stereocenters. The van der Waals surface area contributed by atoms with Gasteiger partial charge in [0.15, 0.2) is 0 Å². The van der Waals surface area contributed by atoms with Gasteiger partial charge in [-0.05, 0) is 35.4 Å². The quantitative estimate of drug-likeness (QED) is 0.299. The van der Waals surface area contributed by atoms with E-state index < -0.39 is 36.5 Å². The lowest BCUT2D eigenvalue weighted by Crippen LogP contribution is -2.55. The number of phenols is 2. The number of hydrogen-bond acceptors (Lipinski definition) is 7. The van der Waals surface area contributed by atoms with Crippen LogP contribution in [-0.4, -0.2) is 58.2 Å². The summed E-state index contributed by atoms with van der Waals surface area (Å²) in [5.74, 6) is -1.22. The first-order valence-electron chi connectivity index (χ1n) is 9.23. The second-order valence-corrected chi connectivity index (χ2v) is 6.77. The molecule has 0 fully saturated rings. The van der Waals surface area contributed by atoms with Crippen molar-refractivity contribution >= 4 is 18.1 Å². The van der Waals surface area contributed by atoms with Crippen LogP contribution in [0.15, 0.2) is 48.5 Å². The molecule has 2 rings (SSSR count). The Hall–Kier alpha value is -3.43. The summed E-state index contributed by atoms with van der Waals surface area (Å²) in [6.07, 6.45) is 1.97. The van der Waals surface area contributed by atoms with Crippen molar-refractivity contribution in [2.75, 3.05) is 6.61 Å². The van der Waals surface area contributed by atoms with Crippen LogP contribution >= 0.6 is 0 Å². The molecule has 0 bridgehead atoms. The van der Waals surface area contributed by atoms with E-state index in [4.69, 9.17) is 10.8 Å². The standard InChI is InChI=1S/C21H24N3O6/c22-18(12-26)20(29)24-19(10-14-3-7-17(28)8-4-14)21(30)23-15(11-25)9-13-1-5-16(27)6-2-13/h1-8,15,18-19,26-28H,9-10,12,22H2,(H,23,30)(H,24,29)/t15-,18+,19-/m0/s1. The first-order valence-corrected chi connectivity index (χ1v) is 9.23. The van der Waals surface area contributed by atoms with Crippen LogP contribution in [0.25, 0.3) is 0 Å². The number of aliphatic hydroxyl groups excluding tert-OH is 1. The highest BCUT2D eigenvalue weighted by atomic mass is 16.3.